The zero-order valence-electron chi connectivity index (χ0n) is 13.9. The van der Waals surface area contributed by atoms with Crippen molar-refractivity contribution in [3.8, 4) is 0 Å². The van der Waals surface area contributed by atoms with E-state index in [2.05, 4.69) is 29.3 Å². The van der Waals surface area contributed by atoms with Crippen LogP contribution in [0.2, 0.25) is 0 Å². The number of allylic oxidation sites excluding steroid dienone is 2. The van der Waals surface area contributed by atoms with Gasteiger partial charge >= 0.3 is 0 Å². The van der Waals surface area contributed by atoms with Gasteiger partial charge in [-0.1, -0.05) is 19.1 Å². The molecule has 0 radical (unpaired) electrons. The van der Waals surface area contributed by atoms with Crippen LogP contribution in [-0.2, 0) is 9.59 Å². The van der Waals surface area contributed by atoms with E-state index in [1.807, 2.05) is 11.8 Å². The summed E-state index contributed by atoms with van der Waals surface area (Å²) >= 11 is 0. The fourth-order valence-corrected chi connectivity index (χ4v) is 3.00. The normalized spacial score (nSPS) is 23.5. The number of rotatable bonds is 6. The molecule has 1 saturated heterocycles. The number of piperazine rings is 1. The Kier molecular flexibility index (Phi) is 6.43. The first kappa shape index (κ1) is 17.0. The first-order valence-electron chi connectivity index (χ1n) is 8.54. The van der Waals surface area contributed by atoms with Crippen LogP contribution in [0.3, 0.4) is 0 Å². The molecule has 5 nitrogen and oxygen atoms in total. The monoisotopic (exact) mass is 307 g/mol. The number of nitrogens with one attached hydrogen (secondary N) is 1. The van der Waals surface area contributed by atoms with E-state index in [1.54, 1.807) is 0 Å². The Hall–Kier alpha value is -1.36. The van der Waals surface area contributed by atoms with E-state index in [0.29, 0.717) is 18.9 Å². The molecule has 124 valence electrons. The first-order valence-corrected chi connectivity index (χ1v) is 8.54. The van der Waals surface area contributed by atoms with Crippen molar-refractivity contribution >= 4 is 11.8 Å². The van der Waals surface area contributed by atoms with E-state index in [9.17, 15) is 9.59 Å². The predicted octanol–water partition coefficient (Wildman–Crippen LogP) is 1.40. The van der Waals surface area contributed by atoms with Crippen molar-refractivity contribution in [1.82, 2.24) is 15.1 Å². The molecule has 0 aromatic carbocycles. The van der Waals surface area contributed by atoms with Crippen molar-refractivity contribution < 1.29 is 9.59 Å². The summed E-state index contributed by atoms with van der Waals surface area (Å²) in [7, 11) is 0. The smallest absolute Gasteiger partial charge is 0.234 e. The van der Waals surface area contributed by atoms with Crippen LogP contribution < -0.4 is 5.32 Å². The minimum atomic E-state index is 0.0882. The highest BCUT2D eigenvalue weighted by Crippen LogP contribution is 2.21. The Morgan fingerprint density at radius 3 is 2.59 bits per heavy atom. The maximum Gasteiger partial charge on any atom is 0.234 e. The lowest BCUT2D eigenvalue weighted by Crippen LogP contribution is -2.51. The van der Waals surface area contributed by atoms with Gasteiger partial charge in [0.25, 0.3) is 0 Å². The second-order valence-electron chi connectivity index (χ2n) is 6.50. The molecule has 2 unspecified atom stereocenters. The van der Waals surface area contributed by atoms with E-state index in [4.69, 9.17) is 0 Å². The van der Waals surface area contributed by atoms with E-state index >= 15 is 0 Å². The number of hydrogen-bond donors (Lipinski definition) is 1. The zero-order valence-corrected chi connectivity index (χ0v) is 13.9. The maximum absolute atomic E-state index is 12.3. The van der Waals surface area contributed by atoms with Crippen LogP contribution in [0.25, 0.3) is 0 Å². The SMILES string of the molecule is CCC(C)NC(=O)CN1CCN(C(=O)CC2C=CCC2)CC1. The number of nitrogens with zero attached hydrogens (tertiary/aromatic N) is 2. The highest BCUT2D eigenvalue weighted by Gasteiger charge is 2.24. The summed E-state index contributed by atoms with van der Waals surface area (Å²) < 4.78 is 0. The largest absolute Gasteiger partial charge is 0.353 e. The van der Waals surface area contributed by atoms with Crippen LogP contribution in [0.4, 0.5) is 0 Å². The summed E-state index contributed by atoms with van der Waals surface area (Å²) in [4.78, 5) is 28.2. The highest BCUT2D eigenvalue weighted by atomic mass is 16.2. The highest BCUT2D eigenvalue weighted by molar-refractivity contribution is 5.78. The Balaban J connectivity index is 1.67. The lowest BCUT2D eigenvalue weighted by atomic mass is 10.0. The maximum atomic E-state index is 12.3. The average molecular weight is 307 g/mol. The first-order chi connectivity index (χ1) is 10.6. The minimum Gasteiger partial charge on any atom is -0.353 e. The van der Waals surface area contributed by atoms with Crippen molar-refractivity contribution in [3.05, 3.63) is 12.2 Å². The molecule has 22 heavy (non-hydrogen) atoms. The third-order valence-corrected chi connectivity index (χ3v) is 4.66. The number of amides is 2. The predicted molar refractivity (Wildman–Crippen MR) is 87.4 cm³/mol. The molecule has 1 aliphatic heterocycles. The summed E-state index contributed by atoms with van der Waals surface area (Å²) in [5, 5.41) is 2.99. The minimum absolute atomic E-state index is 0.0882. The summed E-state index contributed by atoms with van der Waals surface area (Å²) in [6, 6.07) is 0.231. The van der Waals surface area contributed by atoms with Gasteiger partial charge in [-0.05, 0) is 32.1 Å². The molecule has 2 atom stereocenters. The van der Waals surface area contributed by atoms with E-state index < -0.39 is 0 Å². The standard InChI is InChI=1S/C17H29N3O2/c1-3-14(2)18-16(21)13-19-8-10-20(11-9-19)17(22)12-15-6-4-5-7-15/h4,6,14-15H,3,5,7-13H2,1-2H3,(H,18,21). The summed E-state index contributed by atoms with van der Waals surface area (Å²) in [5.74, 6) is 0.789. The Morgan fingerprint density at radius 2 is 2.00 bits per heavy atom. The van der Waals surface area contributed by atoms with Gasteiger partial charge in [-0.15, -0.1) is 0 Å². The summed E-state index contributed by atoms with van der Waals surface area (Å²) in [6.07, 6.45) is 8.16. The van der Waals surface area contributed by atoms with Gasteiger partial charge in [0.05, 0.1) is 6.54 Å². The molecule has 1 fully saturated rings. The second kappa shape index (κ2) is 8.32. The van der Waals surface area contributed by atoms with E-state index in [0.717, 1.165) is 45.4 Å². The van der Waals surface area contributed by atoms with Crippen molar-refractivity contribution in [1.29, 1.82) is 0 Å². The van der Waals surface area contributed by atoms with Crippen molar-refractivity contribution in [2.24, 2.45) is 5.92 Å². The molecule has 2 rings (SSSR count). The molecule has 0 spiro atoms. The van der Waals surface area contributed by atoms with Crippen LogP contribution in [0.15, 0.2) is 12.2 Å². The third kappa shape index (κ3) is 5.13. The topological polar surface area (TPSA) is 52.7 Å². The van der Waals surface area contributed by atoms with E-state index in [-0.39, 0.29) is 17.9 Å². The average Bonchev–Trinajstić information content (AvgIpc) is 3.00. The summed E-state index contributed by atoms with van der Waals surface area (Å²) in [6.45, 7) is 7.59. The Bertz CT molecular complexity index is 414. The molecule has 0 aromatic rings. The molecule has 1 N–H and O–H groups in total. The van der Waals surface area contributed by atoms with Crippen molar-refractivity contribution in [2.45, 2.75) is 45.6 Å². The number of carbonyl (C=O) groups is 2. The molecule has 2 aliphatic rings. The fraction of sp³-hybridized carbons (Fsp3) is 0.765. The van der Waals surface area contributed by atoms with Gasteiger partial charge in [0.15, 0.2) is 0 Å². The van der Waals surface area contributed by atoms with Gasteiger partial charge in [0, 0.05) is 38.6 Å². The molecule has 1 heterocycles. The van der Waals surface area contributed by atoms with Crippen LogP contribution >= 0.6 is 0 Å². The number of carbonyl (C=O) groups excluding carboxylic acids is 2. The molecular weight excluding hydrogens is 278 g/mol. The quantitative estimate of drug-likeness (QED) is 0.755. The molecule has 2 amide bonds. The van der Waals surface area contributed by atoms with Gasteiger partial charge in [-0.2, -0.15) is 0 Å². The molecule has 0 aromatic heterocycles. The molecule has 0 bridgehead atoms. The van der Waals surface area contributed by atoms with Gasteiger partial charge in [0.1, 0.15) is 0 Å². The van der Waals surface area contributed by atoms with Crippen LogP contribution in [0.5, 0.6) is 0 Å². The third-order valence-electron chi connectivity index (χ3n) is 4.66. The van der Waals surface area contributed by atoms with Gasteiger partial charge < -0.3 is 10.2 Å². The van der Waals surface area contributed by atoms with Crippen LogP contribution in [0, 0.1) is 5.92 Å². The Labute approximate surface area is 133 Å². The Morgan fingerprint density at radius 1 is 1.27 bits per heavy atom. The van der Waals surface area contributed by atoms with Crippen molar-refractivity contribution in [2.75, 3.05) is 32.7 Å². The van der Waals surface area contributed by atoms with Crippen molar-refractivity contribution in [3.63, 3.8) is 0 Å². The second-order valence-corrected chi connectivity index (χ2v) is 6.50. The summed E-state index contributed by atoms with van der Waals surface area (Å²) in [5.41, 5.74) is 0. The lowest BCUT2D eigenvalue weighted by molar-refractivity contribution is -0.134. The van der Waals surface area contributed by atoms with Crippen LogP contribution in [-0.4, -0.2) is 60.4 Å². The molecular formula is C17H29N3O2. The van der Waals surface area contributed by atoms with Gasteiger partial charge in [-0.3, -0.25) is 14.5 Å². The molecule has 1 aliphatic carbocycles. The zero-order chi connectivity index (χ0) is 15.9. The van der Waals surface area contributed by atoms with Gasteiger partial charge in [-0.25, -0.2) is 0 Å². The molecule has 0 saturated carbocycles. The van der Waals surface area contributed by atoms with Gasteiger partial charge in [0.2, 0.25) is 11.8 Å². The van der Waals surface area contributed by atoms with Crippen LogP contribution in [0.1, 0.15) is 39.5 Å². The fourth-order valence-electron chi connectivity index (χ4n) is 3.00. The lowest BCUT2D eigenvalue weighted by Gasteiger charge is -2.35. The number of hydrogen-bond acceptors (Lipinski definition) is 3. The van der Waals surface area contributed by atoms with E-state index in [1.165, 1.54) is 0 Å². The molecule has 5 heteroatoms.